The Hall–Kier alpha value is -0.820. The number of hydrogen-bond acceptors (Lipinski definition) is 4. The third-order valence-electron chi connectivity index (χ3n) is 2.71. The first-order chi connectivity index (χ1) is 9.37. The van der Waals surface area contributed by atoms with Gasteiger partial charge in [0.15, 0.2) is 5.13 Å². The molecule has 0 aliphatic rings. The van der Waals surface area contributed by atoms with E-state index in [4.69, 9.17) is 0 Å². The van der Waals surface area contributed by atoms with E-state index >= 15 is 0 Å². The number of halogens is 3. The highest BCUT2D eigenvalue weighted by Crippen LogP contribution is 2.28. The van der Waals surface area contributed by atoms with Crippen molar-refractivity contribution in [2.75, 3.05) is 25.0 Å². The molecule has 0 aliphatic heterocycles. The van der Waals surface area contributed by atoms with Gasteiger partial charge in [-0.2, -0.15) is 13.2 Å². The zero-order chi connectivity index (χ0) is 15.2. The summed E-state index contributed by atoms with van der Waals surface area (Å²) in [4.78, 5) is 6.59. The highest BCUT2D eigenvalue weighted by atomic mass is 32.1. The second kappa shape index (κ2) is 7.83. The molecule has 0 bridgehead atoms. The van der Waals surface area contributed by atoms with Crippen LogP contribution in [0, 0.1) is 0 Å². The first kappa shape index (κ1) is 17.2. The molecule has 116 valence electrons. The van der Waals surface area contributed by atoms with Crippen molar-refractivity contribution < 1.29 is 13.2 Å². The highest BCUT2D eigenvalue weighted by Gasteiger charge is 2.30. The van der Waals surface area contributed by atoms with Crippen molar-refractivity contribution in [2.24, 2.45) is 0 Å². The maximum atomic E-state index is 12.4. The van der Waals surface area contributed by atoms with Crippen LogP contribution in [0.1, 0.15) is 37.3 Å². The van der Waals surface area contributed by atoms with E-state index in [0.717, 1.165) is 36.4 Å². The predicted molar refractivity (Wildman–Crippen MR) is 77.4 cm³/mol. The van der Waals surface area contributed by atoms with E-state index in [-0.39, 0.29) is 0 Å². The predicted octanol–water partition coefficient (Wildman–Crippen LogP) is 3.59. The number of nitrogens with one attached hydrogen (secondary N) is 1. The lowest BCUT2D eigenvalue weighted by Gasteiger charge is -2.17. The van der Waals surface area contributed by atoms with E-state index in [9.17, 15) is 13.2 Å². The summed E-state index contributed by atoms with van der Waals surface area (Å²) >= 11 is 1.35. The van der Waals surface area contributed by atoms with Gasteiger partial charge in [-0.1, -0.05) is 20.3 Å². The highest BCUT2D eigenvalue weighted by molar-refractivity contribution is 7.15. The molecule has 20 heavy (non-hydrogen) atoms. The van der Waals surface area contributed by atoms with Crippen LogP contribution in [0.25, 0.3) is 0 Å². The second-order valence-corrected chi connectivity index (χ2v) is 5.83. The van der Waals surface area contributed by atoms with Gasteiger partial charge in [0.25, 0.3) is 0 Å². The average molecular weight is 309 g/mol. The van der Waals surface area contributed by atoms with Crippen molar-refractivity contribution >= 4 is 16.5 Å². The fourth-order valence-corrected chi connectivity index (χ4v) is 2.85. The van der Waals surface area contributed by atoms with E-state index in [2.05, 4.69) is 17.2 Å². The fourth-order valence-electron chi connectivity index (χ4n) is 1.82. The SMILES string of the molecule is CCCNCc1sc(N(C)CC(F)(F)F)nc1CCC. The smallest absolute Gasteiger partial charge is 0.342 e. The quantitative estimate of drug-likeness (QED) is 0.744. The first-order valence-corrected chi connectivity index (χ1v) is 7.66. The molecule has 0 amide bonds. The molecule has 1 N–H and O–H groups in total. The average Bonchev–Trinajstić information content (AvgIpc) is 2.72. The summed E-state index contributed by atoms with van der Waals surface area (Å²) in [5.41, 5.74) is 0.921. The topological polar surface area (TPSA) is 28.2 Å². The van der Waals surface area contributed by atoms with Crippen molar-refractivity contribution in [3.63, 3.8) is 0 Å². The molecule has 0 fully saturated rings. The lowest BCUT2D eigenvalue weighted by molar-refractivity contribution is -0.119. The Bertz CT molecular complexity index is 404. The van der Waals surface area contributed by atoms with Crippen LogP contribution >= 0.6 is 11.3 Å². The molecule has 0 spiro atoms. The van der Waals surface area contributed by atoms with Crippen LogP contribution in [0.15, 0.2) is 0 Å². The number of aryl methyl sites for hydroxylation is 1. The summed E-state index contributed by atoms with van der Waals surface area (Å²) in [6, 6.07) is 0. The number of rotatable bonds is 8. The summed E-state index contributed by atoms with van der Waals surface area (Å²) in [5.74, 6) is 0. The molecule has 0 aliphatic carbocycles. The van der Waals surface area contributed by atoms with Gasteiger partial charge < -0.3 is 10.2 Å². The number of alkyl halides is 3. The van der Waals surface area contributed by atoms with Gasteiger partial charge in [0.05, 0.1) is 5.69 Å². The summed E-state index contributed by atoms with van der Waals surface area (Å²) in [6.45, 7) is 4.74. The van der Waals surface area contributed by atoms with Gasteiger partial charge in [-0.3, -0.25) is 0 Å². The Labute approximate surface area is 122 Å². The molecule has 3 nitrogen and oxygen atoms in total. The minimum Gasteiger partial charge on any atom is -0.342 e. The minimum absolute atomic E-state index is 0.444. The van der Waals surface area contributed by atoms with Crippen LogP contribution in [0.5, 0.6) is 0 Å². The lowest BCUT2D eigenvalue weighted by atomic mass is 10.2. The minimum atomic E-state index is -4.20. The van der Waals surface area contributed by atoms with Crippen LogP contribution in [0.4, 0.5) is 18.3 Å². The number of hydrogen-bond donors (Lipinski definition) is 1. The van der Waals surface area contributed by atoms with Crippen molar-refractivity contribution in [2.45, 2.75) is 45.8 Å². The summed E-state index contributed by atoms with van der Waals surface area (Å²) in [7, 11) is 1.44. The Morgan fingerprint density at radius 1 is 1.25 bits per heavy atom. The van der Waals surface area contributed by atoms with Crippen molar-refractivity contribution in [1.29, 1.82) is 0 Å². The molecule has 1 heterocycles. The van der Waals surface area contributed by atoms with Crippen LogP contribution in [0.3, 0.4) is 0 Å². The van der Waals surface area contributed by atoms with Gasteiger partial charge in [0.1, 0.15) is 6.54 Å². The maximum Gasteiger partial charge on any atom is 0.405 e. The molecule has 1 aromatic rings. The number of nitrogens with zero attached hydrogens (tertiary/aromatic N) is 2. The van der Waals surface area contributed by atoms with Crippen molar-refractivity contribution in [3.8, 4) is 0 Å². The van der Waals surface area contributed by atoms with E-state index in [1.54, 1.807) is 0 Å². The van der Waals surface area contributed by atoms with Crippen molar-refractivity contribution in [3.05, 3.63) is 10.6 Å². The number of anilines is 1. The Balaban J connectivity index is 2.79. The summed E-state index contributed by atoms with van der Waals surface area (Å²) in [6.07, 6.45) is -1.43. The maximum absolute atomic E-state index is 12.4. The van der Waals surface area contributed by atoms with E-state index < -0.39 is 12.7 Å². The van der Waals surface area contributed by atoms with E-state index in [1.165, 1.54) is 23.3 Å². The number of aromatic nitrogens is 1. The monoisotopic (exact) mass is 309 g/mol. The zero-order valence-corrected chi connectivity index (χ0v) is 13.0. The second-order valence-electron chi connectivity index (χ2n) is 4.76. The standard InChI is InChI=1S/C13H22F3N3S/c1-4-6-10-11(8-17-7-5-2)20-12(18-10)19(3)9-13(14,15)16/h17H,4-9H2,1-3H3. The van der Waals surface area contributed by atoms with Crippen LogP contribution in [0.2, 0.25) is 0 Å². The molecule has 1 aromatic heterocycles. The summed E-state index contributed by atoms with van der Waals surface area (Å²) in [5, 5.41) is 3.72. The molecule has 0 aromatic carbocycles. The van der Waals surface area contributed by atoms with Gasteiger partial charge in [0, 0.05) is 18.5 Å². The van der Waals surface area contributed by atoms with Crippen LogP contribution < -0.4 is 10.2 Å². The lowest BCUT2D eigenvalue weighted by Crippen LogP contribution is -2.30. The Morgan fingerprint density at radius 3 is 2.50 bits per heavy atom. The first-order valence-electron chi connectivity index (χ1n) is 6.84. The molecule has 0 saturated heterocycles. The van der Waals surface area contributed by atoms with Gasteiger partial charge in [-0.15, -0.1) is 11.3 Å². The summed E-state index contributed by atoms with van der Waals surface area (Å²) < 4.78 is 37.3. The molecular formula is C13H22F3N3S. The normalized spacial score (nSPS) is 11.9. The molecule has 0 unspecified atom stereocenters. The largest absolute Gasteiger partial charge is 0.405 e. The van der Waals surface area contributed by atoms with Crippen molar-refractivity contribution in [1.82, 2.24) is 10.3 Å². The molecule has 0 radical (unpaired) electrons. The van der Waals surface area contributed by atoms with E-state index in [1.807, 2.05) is 6.92 Å². The third kappa shape index (κ3) is 5.66. The van der Waals surface area contributed by atoms with Crippen LogP contribution in [-0.4, -0.2) is 31.3 Å². The van der Waals surface area contributed by atoms with Gasteiger partial charge >= 0.3 is 6.18 Å². The molecule has 0 atom stereocenters. The van der Waals surface area contributed by atoms with E-state index in [0.29, 0.717) is 11.7 Å². The van der Waals surface area contributed by atoms with Gasteiger partial charge in [-0.25, -0.2) is 4.98 Å². The Kier molecular flexibility index (Phi) is 6.75. The van der Waals surface area contributed by atoms with Gasteiger partial charge in [0.2, 0.25) is 0 Å². The number of thiazole rings is 1. The van der Waals surface area contributed by atoms with Gasteiger partial charge in [-0.05, 0) is 19.4 Å². The Morgan fingerprint density at radius 2 is 1.95 bits per heavy atom. The zero-order valence-electron chi connectivity index (χ0n) is 12.2. The fraction of sp³-hybridized carbons (Fsp3) is 0.769. The third-order valence-corrected chi connectivity index (χ3v) is 3.92. The molecule has 7 heteroatoms. The molecular weight excluding hydrogens is 287 g/mol. The molecule has 0 saturated carbocycles. The van der Waals surface area contributed by atoms with Crippen LogP contribution in [-0.2, 0) is 13.0 Å². The molecule has 1 rings (SSSR count).